The fourth-order valence-electron chi connectivity index (χ4n) is 2.97. The van der Waals surface area contributed by atoms with Gasteiger partial charge in [0.1, 0.15) is 24.0 Å². The SMILES string of the molecule is OCc1ccc(OCCN2CCC(Nc3cc(F)ccc3F)C2)cc1. The lowest BCUT2D eigenvalue weighted by molar-refractivity contribution is 0.236. The van der Waals surface area contributed by atoms with Crippen molar-refractivity contribution in [2.45, 2.75) is 19.1 Å². The molecule has 1 heterocycles. The first-order chi connectivity index (χ1) is 12.1. The number of ether oxygens (including phenoxy) is 1. The average Bonchev–Trinajstić information content (AvgIpc) is 3.06. The van der Waals surface area contributed by atoms with Gasteiger partial charge in [0.15, 0.2) is 0 Å². The molecule has 1 fully saturated rings. The van der Waals surface area contributed by atoms with Crippen LogP contribution in [0.3, 0.4) is 0 Å². The van der Waals surface area contributed by atoms with Gasteiger partial charge in [-0.1, -0.05) is 12.1 Å². The first kappa shape index (κ1) is 17.6. The van der Waals surface area contributed by atoms with Crippen LogP contribution < -0.4 is 10.1 Å². The monoisotopic (exact) mass is 348 g/mol. The van der Waals surface area contributed by atoms with Gasteiger partial charge < -0.3 is 15.2 Å². The Kier molecular flexibility index (Phi) is 5.83. The van der Waals surface area contributed by atoms with E-state index in [1.54, 1.807) is 0 Å². The van der Waals surface area contributed by atoms with Gasteiger partial charge in [0, 0.05) is 25.7 Å². The Morgan fingerprint density at radius 2 is 1.96 bits per heavy atom. The van der Waals surface area contributed by atoms with Gasteiger partial charge in [-0.15, -0.1) is 0 Å². The summed E-state index contributed by atoms with van der Waals surface area (Å²) in [5.41, 5.74) is 1.07. The Bertz CT molecular complexity index is 694. The number of nitrogens with zero attached hydrogens (tertiary/aromatic N) is 1. The zero-order valence-corrected chi connectivity index (χ0v) is 13.9. The van der Waals surface area contributed by atoms with Crippen LogP contribution in [0.15, 0.2) is 42.5 Å². The minimum atomic E-state index is -0.445. The van der Waals surface area contributed by atoms with E-state index in [1.165, 1.54) is 6.07 Å². The van der Waals surface area contributed by atoms with E-state index in [4.69, 9.17) is 9.84 Å². The summed E-state index contributed by atoms with van der Waals surface area (Å²) in [6, 6.07) is 10.9. The topological polar surface area (TPSA) is 44.7 Å². The van der Waals surface area contributed by atoms with Crippen molar-refractivity contribution in [3.63, 3.8) is 0 Å². The Labute approximate surface area is 146 Å². The second-order valence-corrected chi connectivity index (χ2v) is 6.21. The third-order valence-electron chi connectivity index (χ3n) is 4.34. The summed E-state index contributed by atoms with van der Waals surface area (Å²) in [6.45, 7) is 3.00. The molecule has 4 nitrogen and oxygen atoms in total. The molecule has 0 bridgehead atoms. The fraction of sp³-hybridized carbons (Fsp3) is 0.368. The van der Waals surface area contributed by atoms with Crippen molar-refractivity contribution in [1.82, 2.24) is 4.90 Å². The maximum Gasteiger partial charge on any atom is 0.146 e. The maximum absolute atomic E-state index is 13.7. The van der Waals surface area contributed by atoms with Crippen molar-refractivity contribution < 1.29 is 18.6 Å². The summed E-state index contributed by atoms with van der Waals surface area (Å²) >= 11 is 0. The second kappa shape index (κ2) is 8.27. The van der Waals surface area contributed by atoms with Crippen LogP contribution >= 0.6 is 0 Å². The molecule has 3 rings (SSSR count). The van der Waals surface area contributed by atoms with Crippen LogP contribution in [0.25, 0.3) is 0 Å². The predicted molar refractivity (Wildman–Crippen MR) is 92.7 cm³/mol. The smallest absolute Gasteiger partial charge is 0.146 e. The highest BCUT2D eigenvalue weighted by molar-refractivity contribution is 5.46. The Balaban J connectivity index is 1.42. The summed E-state index contributed by atoms with van der Waals surface area (Å²) in [7, 11) is 0. The Morgan fingerprint density at radius 1 is 1.16 bits per heavy atom. The molecular weight excluding hydrogens is 326 g/mol. The summed E-state index contributed by atoms with van der Waals surface area (Å²) in [5, 5.41) is 12.1. The summed E-state index contributed by atoms with van der Waals surface area (Å²) in [6.07, 6.45) is 0.876. The largest absolute Gasteiger partial charge is 0.492 e. The number of hydrogen-bond acceptors (Lipinski definition) is 4. The standard InChI is InChI=1S/C19H22F2N2O2/c20-15-3-6-18(21)19(11-15)22-16-7-8-23(12-16)9-10-25-17-4-1-14(13-24)2-5-17/h1-6,11,16,22,24H,7-10,12-13H2. The van der Waals surface area contributed by atoms with Crippen LogP contribution in [0, 0.1) is 11.6 Å². The van der Waals surface area contributed by atoms with Crippen LogP contribution in [0.4, 0.5) is 14.5 Å². The van der Waals surface area contributed by atoms with Crippen molar-refractivity contribution in [2.75, 3.05) is 31.6 Å². The first-order valence-electron chi connectivity index (χ1n) is 8.40. The van der Waals surface area contributed by atoms with Gasteiger partial charge in [-0.2, -0.15) is 0 Å². The van der Waals surface area contributed by atoms with Crippen molar-refractivity contribution in [3.8, 4) is 5.75 Å². The zero-order valence-electron chi connectivity index (χ0n) is 13.9. The normalized spacial score (nSPS) is 17.6. The number of halogens is 2. The molecule has 2 N–H and O–H groups in total. The highest BCUT2D eigenvalue weighted by Crippen LogP contribution is 2.20. The van der Waals surface area contributed by atoms with Gasteiger partial charge in [0.25, 0.3) is 0 Å². The predicted octanol–water partition coefficient (Wildman–Crippen LogP) is 3.02. The minimum absolute atomic E-state index is 0.0222. The number of aliphatic hydroxyl groups excluding tert-OH is 1. The lowest BCUT2D eigenvalue weighted by Crippen LogP contribution is -2.29. The van der Waals surface area contributed by atoms with Crippen LogP contribution in [0.5, 0.6) is 5.75 Å². The van der Waals surface area contributed by atoms with Gasteiger partial charge in [0.2, 0.25) is 0 Å². The Hall–Kier alpha value is -2.18. The molecule has 1 aliphatic heterocycles. The number of aliphatic hydroxyl groups is 1. The molecule has 0 saturated carbocycles. The number of likely N-dealkylation sites (tertiary alicyclic amines) is 1. The molecule has 134 valence electrons. The van der Waals surface area contributed by atoms with E-state index >= 15 is 0 Å². The van der Waals surface area contributed by atoms with Crippen molar-refractivity contribution in [3.05, 3.63) is 59.7 Å². The van der Waals surface area contributed by atoms with Gasteiger partial charge in [-0.25, -0.2) is 8.78 Å². The number of benzene rings is 2. The molecule has 25 heavy (non-hydrogen) atoms. The van der Waals surface area contributed by atoms with Crippen molar-refractivity contribution >= 4 is 5.69 Å². The third kappa shape index (κ3) is 4.90. The molecule has 1 aliphatic rings. The summed E-state index contributed by atoms with van der Waals surface area (Å²) in [4.78, 5) is 2.23. The molecule has 2 aromatic carbocycles. The molecule has 0 aromatic heterocycles. The van der Waals surface area contributed by atoms with Crippen LogP contribution in [-0.2, 0) is 6.61 Å². The van der Waals surface area contributed by atoms with E-state index in [0.29, 0.717) is 6.61 Å². The quantitative estimate of drug-likeness (QED) is 0.807. The highest BCUT2D eigenvalue weighted by atomic mass is 19.1. The zero-order chi connectivity index (χ0) is 17.6. The lowest BCUT2D eigenvalue weighted by atomic mass is 10.2. The molecule has 0 spiro atoms. The van der Waals surface area contributed by atoms with Gasteiger partial charge in [-0.3, -0.25) is 4.90 Å². The molecular formula is C19H22F2N2O2. The van der Waals surface area contributed by atoms with E-state index in [0.717, 1.165) is 49.5 Å². The summed E-state index contributed by atoms with van der Waals surface area (Å²) < 4.78 is 32.6. The number of anilines is 1. The molecule has 0 radical (unpaired) electrons. The first-order valence-corrected chi connectivity index (χ1v) is 8.40. The van der Waals surface area contributed by atoms with E-state index in [1.807, 2.05) is 24.3 Å². The molecule has 1 saturated heterocycles. The third-order valence-corrected chi connectivity index (χ3v) is 4.34. The van der Waals surface area contributed by atoms with Crippen LogP contribution in [0.1, 0.15) is 12.0 Å². The molecule has 6 heteroatoms. The van der Waals surface area contributed by atoms with Crippen LogP contribution in [0.2, 0.25) is 0 Å². The number of hydrogen-bond donors (Lipinski definition) is 2. The van der Waals surface area contributed by atoms with E-state index in [-0.39, 0.29) is 18.3 Å². The van der Waals surface area contributed by atoms with Crippen molar-refractivity contribution in [2.24, 2.45) is 0 Å². The minimum Gasteiger partial charge on any atom is -0.492 e. The van der Waals surface area contributed by atoms with E-state index in [9.17, 15) is 8.78 Å². The Morgan fingerprint density at radius 3 is 2.72 bits per heavy atom. The number of nitrogens with one attached hydrogen (secondary N) is 1. The van der Waals surface area contributed by atoms with Gasteiger partial charge in [0.05, 0.1) is 12.3 Å². The molecule has 0 aliphatic carbocycles. The van der Waals surface area contributed by atoms with Crippen LogP contribution in [-0.4, -0.2) is 42.3 Å². The fourth-order valence-corrected chi connectivity index (χ4v) is 2.97. The molecule has 1 unspecified atom stereocenters. The van der Waals surface area contributed by atoms with Gasteiger partial charge in [-0.05, 0) is 42.3 Å². The lowest BCUT2D eigenvalue weighted by Gasteiger charge is -2.18. The van der Waals surface area contributed by atoms with Crippen molar-refractivity contribution in [1.29, 1.82) is 0 Å². The maximum atomic E-state index is 13.7. The molecule has 2 aromatic rings. The molecule has 0 amide bonds. The second-order valence-electron chi connectivity index (χ2n) is 6.21. The summed E-state index contributed by atoms with van der Waals surface area (Å²) in [5.74, 6) is -0.109. The molecule has 1 atom stereocenters. The van der Waals surface area contributed by atoms with E-state index in [2.05, 4.69) is 10.2 Å². The van der Waals surface area contributed by atoms with E-state index < -0.39 is 11.6 Å². The highest BCUT2D eigenvalue weighted by Gasteiger charge is 2.23. The number of rotatable bonds is 7. The average molecular weight is 348 g/mol. The van der Waals surface area contributed by atoms with Gasteiger partial charge >= 0.3 is 0 Å².